The number of nitrogens with zero attached hydrogens (tertiary/aromatic N) is 3. The summed E-state index contributed by atoms with van der Waals surface area (Å²) < 4.78 is 17.6. The van der Waals surface area contributed by atoms with Crippen molar-refractivity contribution >= 4 is 21.9 Å². The van der Waals surface area contributed by atoms with E-state index in [4.69, 9.17) is 0 Å². The molecule has 0 aliphatic carbocycles. The second-order valence-corrected chi connectivity index (χ2v) is 7.60. The van der Waals surface area contributed by atoms with Crippen molar-refractivity contribution < 1.29 is 4.39 Å². The molecule has 2 aromatic heterocycles. The van der Waals surface area contributed by atoms with E-state index >= 15 is 0 Å². The molecule has 0 amide bonds. The lowest BCUT2D eigenvalue weighted by atomic mass is 10.1. The first-order chi connectivity index (χ1) is 14.6. The highest BCUT2D eigenvalue weighted by molar-refractivity contribution is 6.05. The molecular weight excluding hydrogens is 377 g/mol. The highest BCUT2D eigenvalue weighted by atomic mass is 19.1. The molecule has 3 aromatic carbocycles. The number of hydrogen-bond acceptors (Lipinski definition) is 2. The molecule has 0 radical (unpaired) electrons. The van der Waals surface area contributed by atoms with Crippen LogP contribution in [0.4, 0.5) is 4.39 Å². The number of halogens is 1. The number of benzene rings is 3. The van der Waals surface area contributed by atoms with Gasteiger partial charge < -0.3 is 4.57 Å². The fourth-order valence-corrected chi connectivity index (χ4v) is 4.02. The van der Waals surface area contributed by atoms with E-state index in [1.54, 1.807) is 17.0 Å². The van der Waals surface area contributed by atoms with E-state index in [0.29, 0.717) is 29.5 Å². The second kappa shape index (κ2) is 7.26. The summed E-state index contributed by atoms with van der Waals surface area (Å²) in [7, 11) is 0. The number of rotatable bonds is 4. The first-order valence-corrected chi connectivity index (χ1v) is 9.86. The van der Waals surface area contributed by atoms with Crippen LogP contribution in [0.2, 0.25) is 0 Å². The smallest absolute Gasteiger partial charge is 0.278 e. The van der Waals surface area contributed by atoms with E-state index in [1.807, 2.05) is 60.0 Å². The van der Waals surface area contributed by atoms with E-state index in [-0.39, 0.29) is 11.4 Å². The lowest BCUT2D eigenvalue weighted by Crippen LogP contribution is -2.23. The summed E-state index contributed by atoms with van der Waals surface area (Å²) in [5.41, 5.74) is 4.95. The summed E-state index contributed by atoms with van der Waals surface area (Å²) in [6.45, 7) is 2.99. The van der Waals surface area contributed by atoms with Crippen molar-refractivity contribution in [2.24, 2.45) is 0 Å². The molecule has 5 heteroatoms. The van der Waals surface area contributed by atoms with Crippen LogP contribution in [0.1, 0.15) is 16.7 Å². The Balaban J connectivity index is 1.74. The average molecular weight is 397 g/mol. The summed E-state index contributed by atoms with van der Waals surface area (Å²) in [6, 6.07) is 22.6. The van der Waals surface area contributed by atoms with Crippen molar-refractivity contribution in [3.05, 3.63) is 112 Å². The third kappa shape index (κ3) is 3.18. The molecule has 0 saturated carbocycles. The molecule has 0 aliphatic heterocycles. The fourth-order valence-electron chi connectivity index (χ4n) is 4.02. The van der Waals surface area contributed by atoms with Gasteiger partial charge in [0.25, 0.3) is 5.56 Å². The minimum atomic E-state index is -0.340. The topological polar surface area (TPSA) is 39.8 Å². The number of hydrogen-bond donors (Lipinski definition) is 0. The molecule has 2 heterocycles. The first-order valence-electron chi connectivity index (χ1n) is 9.86. The van der Waals surface area contributed by atoms with Gasteiger partial charge in [-0.15, -0.1) is 0 Å². The molecule has 0 aliphatic rings. The van der Waals surface area contributed by atoms with Crippen LogP contribution in [-0.2, 0) is 13.1 Å². The highest BCUT2D eigenvalue weighted by Gasteiger charge is 2.17. The predicted molar refractivity (Wildman–Crippen MR) is 117 cm³/mol. The minimum absolute atomic E-state index is 0.131. The Morgan fingerprint density at radius 1 is 0.900 bits per heavy atom. The molecule has 0 spiro atoms. The van der Waals surface area contributed by atoms with Crippen molar-refractivity contribution in [2.75, 3.05) is 0 Å². The maximum absolute atomic E-state index is 14.0. The van der Waals surface area contributed by atoms with Crippen LogP contribution in [0, 0.1) is 12.7 Å². The SMILES string of the molecule is Cc1cccc(Cn2c3ccc(F)cc3c3ncn(Cc4ccccc4)c(=O)c32)c1. The molecule has 0 N–H and O–H groups in total. The molecule has 5 aromatic rings. The van der Waals surface area contributed by atoms with Gasteiger partial charge in [-0.3, -0.25) is 9.36 Å². The molecule has 0 fully saturated rings. The van der Waals surface area contributed by atoms with Gasteiger partial charge in [0.2, 0.25) is 0 Å². The lowest BCUT2D eigenvalue weighted by Gasteiger charge is -2.10. The zero-order valence-corrected chi connectivity index (χ0v) is 16.5. The van der Waals surface area contributed by atoms with Gasteiger partial charge in [-0.2, -0.15) is 0 Å². The monoisotopic (exact) mass is 397 g/mol. The molecule has 0 unspecified atom stereocenters. The fraction of sp³-hybridized carbons (Fsp3) is 0.120. The minimum Gasteiger partial charge on any atom is -0.330 e. The van der Waals surface area contributed by atoms with Gasteiger partial charge in [0.1, 0.15) is 16.9 Å². The van der Waals surface area contributed by atoms with Crippen LogP contribution < -0.4 is 5.56 Å². The second-order valence-electron chi connectivity index (χ2n) is 7.60. The Bertz CT molecular complexity index is 1430. The number of fused-ring (bicyclic) bond motifs is 3. The van der Waals surface area contributed by atoms with Gasteiger partial charge in [-0.1, -0.05) is 60.2 Å². The number of aromatic nitrogens is 3. The third-order valence-electron chi connectivity index (χ3n) is 5.41. The largest absolute Gasteiger partial charge is 0.330 e. The summed E-state index contributed by atoms with van der Waals surface area (Å²) in [6.07, 6.45) is 1.55. The Hall–Kier alpha value is -3.73. The summed E-state index contributed by atoms with van der Waals surface area (Å²) in [5, 5.41) is 0.654. The van der Waals surface area contributed by atoms with Crippen LogP contribution in [0.15, 0.2) is 83.9 Å². The van der Waals surface area contributed by atoms with Gasteiger partial charge in [-0.05, 0) is 36.2 Å². The number of aryl methyl sites for hydroxylation is 1. The molecular formula is C25H20FN3O. The standard InChI is InChI=1S/C25H20FN3O/c1-17-6-5-9-19(12-17)15-29-22-11-10-20(26)13-21(22)23-24(29)25(30)28(16-27-23)14-18-7-3-2-4-8-18/h2-13,16H,14-15H2,1H3. The molecule has 4 nitrogen and oxygen atoms in total. The zero-order valence-electron chi connectivity index (χ0n) is 16.5. The van der Waals surface area contributed by atoms with Crippen molar-refractivity contribution in [1.82, 2.24) is 14.1 Å². The Morgan fingerprint density at radius 2 is 1.70 bits per heavy atom. The summed E-state index contributed by atoms with van der Waals surface area (Å²) >= 11 is 0. The lowest BCUT2D eigenvalue weighted by molar-refractivity contribution is 0.629. The maximum Gasteiger partial charge on any atom is 0.278 e. The molecule has 148 valence electrons. The van der Waals surface area contributed by atoms with E-state index in [1.165, 1.54) is 12.1 Å². The average Bonchev–Trinajstić information content (AvgIpc) is 3.04. The van der Waals surface area contributed by atoms with Gasteiger partial charge in [-0.25, -0.2) is 9.37 Å². The highest BCUT2D eigenvalue weighted by Crippen LogP contribution is 2.27. The molecule has 5 rings (SSSR count). The Morgan fingerprint density at radius 3 is 2.50 bits per heavy atom. The van der Waals surface area contributed by atoms with Gasteiger partial charge in [0.15, 0.2) is 0 Å². The van der Waals surface area contributed by atoms with Crippen LogP contribution in [-0.4, -0.2) is 14.1 Å². The zero-order chi connectivity index (χ0) is 20.7. The van der Waals surface area contributed by atoms with Crippen molar-refractivity contribution in [3.63, 3.8) is 0 Å². The van der Waals surface area contributed by atoms with E-state index in [2.05, 4.69) is 11.1 Å². The molecule has 0 bridgehead atoms. The molecule has 0 saturated heterocycles. The van der Waals surface area contributed by atoms with Gasteiger partial charge >= 0.3 is 0 Å². The van der Waals surface area contributed by atoms with E-state index in [9.17, 15) is 9.18 Å². The van der Waals surface area contributed by atoms with Gasteiger partial charge in [0, 0.05) is 11.9 Å². The van der Waals surface area contributed by atoms with Crippen LogP contribution in [0.25, 0.3) is 21.9 Å². The normalized spacial score (nSPS) is 11.4. The Labute approximate surface area is 172 Å². The first kappa shape index (κ1) is 18.3. The summed E-state index contributed by atoms with van der Waals surface area (Å²) in [4.78, 5) is 18.0. The predicted octanol–water partition coefficient (Wildman–Crippen LogP) is 4.90. The quantitative estimate of drug-likeness (QED) is 0.433. The van der Waals surface area contributed by atoms with Crippen molar-refractivity contribution in [3.8, 4) is 0 Å². The molecule has 0 atom stereocenters. The van der Waals surface area contributed by atoms with E-state index < -0.39 is 0 Å². The maximum atomic E-state index is 14.0. The van der Waals surface area contributed by atoms with E-state index in [0.717, 1.165) is 22.2 Å². The van der Waals surface area contributed by atoms with Crippen molar-refractivity contribution in [1.29, 1.82) is 0 Å². The molecule has 30 heavy (non-hydrogen) atoms. The van der Waals surface area contributed by atoms with Gasteiger partial charge in [0.05, 0.1) is 18.4 Å². The van der Waals surface area contributed by atoms with Crippen molar-refractivity contribution in [2.45, 2.75) is 20.0 Å². The van der Waals surface area contributed by atoms with Crippen LogP contribution in [0.3, 0.4) is 0 Å². The Kier molecular flexibility index (Phi) is 4.43. The van der Waals surface area contributed by atoms with Crippen LogP contribution in [0.5, 0.6) is 0 Å². The third-order valence-corrected chi connectivity index (χ3v) is 5.41. The summed E-state index contributed by atoms with van der Waals surface area (Å²) in [5.74, 6) is -0.340. The van der Waals surface area contributed by atoms with Crippen LogP contribution >= 0.6 is 0 Å².